The van der Waals surface area contributed by atoms with Gasteiger partial charge in [0.25, 0.3) is 0 Å². The Hall–Kier alpha value is -2.70. The molecule has 8 heteroatoms. The summed E-state index contributed by atoms with van der Waals surface area (Å²) in [7, 11) is 0. The van der Waals surface area contributed by atoms with Crippen LogP contribution in [0, 0.1) is 16.2 Å². The van der Waals surface area contributed by atoms with Crippen LogP contribution in [0.15, 0.2) is 36.4 Å². The Morgan fingerprint density at radius 2 is 0.974 bits per heavy atom. The summed E-state index contributed by atoms with van der Waals surface area (Å²) in [5.74, 6) is -1.73. The molecule has 2 rings (SSSR count). The smallest absolute Gasteiger partial charge is 0.324 e. The van der Waals surface area contributed by atoms with E-state index < -0.39 is 28.2 Å². The number of Topliss-reactive ketones (excluding diaryl/α,β-unsaturated/α-hetero) is 2. The molecule has 0 fully saturated rings. The van der Waals surface area contributed by atoms with Crippen LogP contribution in [0.1, 0.15) is 87.2 Å². The molecule has 0 spiro atoms. The third-order valence-corrected chi connectivity index (χ3v) is 7.01. The van der Waals surface area contributed by atoms with Gasteiger partial charge in [0.15, 0.2) is 17.0 Å². The van der Waals surface area contributed by atoms with Crippen molar-refractivity contribution in [3.63, 3.8) is 0 Å². The van der Waals surface area contributed by atoms with Gasteiger partial charge < -0.3 is 9.47 Å². The van der Waals surface area contributed by atoms with Gasteiger partial charge in [-0.2, -0.15) is 0 Å². The van der Waals surface area contributed by atoms with E-state index in [1.165, 1.54) is 0 Å². The highest BCUT2D eigenvalue weighted by Gasteiger charge is 2.50. The van der Waals surface area contributed by atoms with Crippen molar-refractivity contribution in [1.29, 1.82) is 0 Å². The Labute approximate surface area is 241 Å². The molecule has 0 aliphatic rings. The zero-order valence-electron chi connectivity index (χ0n) is 24.0. The van der Waals surface area contributed by atoms with Crippen molar-refractivity contribution >= 4 is 46.7 Å². The number of ether oxygens (including phenoxy) is 2. The lowest BCUT2D eigenvalue weighted by molar-refractivity contribution is -0.172. The molecule has 0 unspecified atom stereocenters. The summed E-state index contributed by atoms with van der Waals surface area (Å²) < 4.78 is 10.8. The molecule has 0 radical (unpaired) electrons. The first kappa shape index (κ1) is 32.5. The Balaban J connectivity index is 2.64. The average Bonchev–Trinajstić information content (AvgIpc) is 2.83. The normalized spacial score (nSPS) is 12.2. The van der Waals surface area contributed by atoms with Crippen molar-refractivity contribution in [2.45, 2.75) is 68.2 Å². The van der Waals surface area contributed by atoms with Crippen LogP contribution in [-0.4, -0.2) is 36.7 Å². The van der Waals surface area contributed by atoms with Gasteiger partial charge in [0.2, 0.25) is 0 Å². The number of hydrogen-bond acceptors (Lipinski definition) is 6. The van der Waals surface area contributed by atoms with Gasteiger partial charge in [0, 0.05) is 44.8 Å². The molecule has 0 aromatic heterocycles. The third kappa shape index (κ3) is 7.70. The van der Waals surface area contributed by atoms with Gasteiger partial charge >= 0.3 is 11.9 Å². The Bertz CT molecular complexity index is 1150. The fourth-order valence-electron chi connectivity index (χ4n) is 4.15. The van der Waals surface area contributed by atoms with Crippen molar-refractivity contribution in [3.8, 4) is 0 Å². The van der Waals surface area contributed by atoms with Crippen LogP contribution in [0.2, 0.25) is 10.0 Å². The van der Waals surface area contributed by atoms with E-state index in [9.17, 15) is 19.2 Å². The largest absolute Gasteiger partial charge is 0.465 e. The molecule has 0 aliphatic heterocycles. The van der Waals surface area contributed by atoms with E-state index in [1.807, 2.05) is 41.5 Å². The molecule has 0 saturated carbocycles. The van der Waals surface area contributed by atoms with Gasteiger partial charge in [-0.15, -0.1) is 0 Å². The van der Waals surface area contributed by atoms with Crippen molar-refractivity contribution in [1.82, 2.24) is 0 Å². The van der Waals surface area contributed by atoms with Crippen molar-refractivity contribution in [2.75, 3.05) is 13.2 Å². The quantitative estimate of drug-likeness (QED) is 0.167. The fourth-order valence-corrected chi connectivity index (χ4v) is 4.65. The molecule has 0 N–H and O–H groups in total. The zero-order chi connectivity index (χ0) is 29.8. The first-order valence-electron chi connectivity index (χ1n) is 13.0. The highest BCUT2D eigenvalue weighted by molar-refractivity contribution is 6.32. The lowest BCUT2D eigenvalue weighted by Gasteiger charge is -2.30. The minimum atomic E-state index is -1.82. The number of benzene rings is 2. The minimum absolute atomic E-state index is 0.0412. The third-order valence-electron chi connectivity index (χ3n) is 6.31. The summed E-state index contributed by atoms with van der Waals surface area (Å²) in [6.45, 7) is 14.3. The summed E-state index contributed by atoms with van der Waals surface area (Å²) in [6, 6.07) is 9.64. The Kier molecular flexibility index (Phi) is 10.5. The molecule has 6 nitrogen and oxygen atoms in total. The predicted octanol–water partition coefficient (Wildman–Crippen LogP) is 7.35. The molecule has 0 bridgehead atoms. The number of carbonyl (C=O) groups is 4. The highest BCUT2D eigenvalue weighted by atomic mass is 35.5. The van der Waals surface area contributed by atoms with E-state index in [0.29, 0.717) is 22.3 Å². The minimum Gasteiger partial charge on any atom is -0.465 e. The van der Waals surface area contributed by atoms with Gasteiger partial charge in [-0.25, -0.2) is 0 Å². The monoisotopic (exact) mass is 576 g/mol. The summed E-state index contributed by atoms with van der Waals surface area (Å²) in [6.07, 6.45) is -0.293. The van der Waals surface area contributed by atoms with Crippen molar-refractivity contribution in [3.05, 3.63) is 68.7 Å². The van der Waals surface area contributed by atoms with Gasteiger partial charge in [-0.1, -0.05) is 89.0 Å². The van der Waals surface area contributed by atoms with E-state index in [2.05, 4.69) is 0 Å². The Morgan fingerprint density at radius 1 is 0.641 bits per heavy atom. The first-order chi connectivity index (χ1) is 18.0. The molecule has 0 heterocycles. The van der Waals surface area contributed by atoms with Crippen LogP contribution in [0.4, 0.5) is 0 Å². The molecule has 0 aliphatic carbocycles. The number of halogens is 2. The molecular weight excluding hydrogens is 539 g/mol. The second kappa shape index (κ2) is 12.6. The number of rotatable bonds is 10. The molecular formula is C31H38Cl2O6. The molecule has 0 saturated heterocycles. The second-order valence-corrected chi connectivity index (χ2v) is 12.5. The first-order valence-corrected chi connectivity index (χ1v) is 13.7. The van der Waals surface area contributed by atoms with Crippen LogP contribution in [-0.2, 0) is 31.9 Å². The average molecular weight is 578 g/mol. The fraction of sp³-hybridized carbons (Fsp3) is 0.484. The highest BCUT2D eigenvalue weighted by Crippen LogP contribution is 2.37. The second-order valence-electron chi connectivity index (χ2n) is 11.6. The molecule has 0 atom stereocenters. The maximum atomic E-state index is 13.5. The van der Waals surface area contributed by atoms with Gasteiger partial charge in [-0.05, 0) is 37.1 Å². The number of esters is 2. The van der Waals surface area contributed by atoms with Crippen LogP contribution < -0.4 is 0 Å². The van der Waals surface area contributed by atoms with Crippen LogP contribution >= 0.6 is 23.2 Å². The summed E-state index contributed by atoms with van der Waals surface area (Å²) in [5.41, 5.74) is -1.24. The summed E-state index contributed by atoms with van der Waals surface area (Å²) in [4.78, 5) is 52.6. The van der Waals surface area contributed by atoms with E-state index in [0.717, 1.165) is 0 Å². The lowest BCUT2D eigenvalue weighted by atomic mass is 9.75. The Morgan fingerprint density at radius 3 is 1.23 bits per heavy atom. The molecule has 212 valence electrons. The molecule has 0 amide bonds. The number of carbonyl (C=O) groups excluding carboxylic acids is 4. The SMILES string of the molecule is CCOC(=O)C(Cc1ccc(C(=O)C(C)(C)C)cc1Cl)(Cc1ccc(C(=O)C(C)(C)C)cc1Cl)C(=O)OCC. The molecule has 2 aromatic rings. The van der Waals surface area contributed by atoms with Gasteiger partial charge in [0.05, 0.1) is 13.2 Å². The lowest BCUT2D eigenvalue weighted by Crippen LogP contribution is -2.46. The maximum Gasteiger partial charge on any atom is 0.324 e. The maximum absolute atomic E-state index is 13.5. The summed E-state index contributed by atoms with van der Waals surface area (Å²) >= 11 is 13.2. The van der Waals surface area contributed by atoms with E-state index in [1.54, 1.807) is 50.2 Å². The van der Waals surface area contributed by atoms with Crippen molar-refractivity contribution < 1.29 is 28.7 Å². The number of ketones is 2. The van der Waals surface area contributed by atoms with Crippen LogP contribution in [0.25, 0.3) is 0 Å². The molecule has 2 aromatic carbocycles. The van der Waals surface area contributed by atoms with Crippen LogP contribution in [0.3, 0.4) is 0 Å². The zero-order valence-corrected chi connectivity index (χ0v) is 25.5. The number of hydrogen-bond donors (Lipinski definition) is 0. The van der Waals surface area contributed by atoms with E-state index in [4.69, 9.17) is 32.7 Å². The topological polar surface area (TPSA) is 86.7 Å². The summed E-state index contributed by atoms with van der Waals surface area (Å²) in [5, 5.41) is 0.473. The predicted molar refractivity (Wildman–Crippen MR) is 154 cm³/mol. The van der Waals surface area contributed by atoms with Crippen molar-refractivity contribution in [2.24, 2.45) is 16.2 Å². The van der Waals surface area contributed by atoms with Gasteiger partial charge in [-0.3, -0.25) is 19.2 Å². The van der Waals surface area contributed by atoms with Gasteiger partial charge in [0.1, 0.15) is 0 Å². The van der Waals surface area contributed by atoms with E-state index >= 15 is 0 Å². The van der Waals surface area contributed by atoms with Crippen LogP contribution in [0.5, 0.6) is 0 Å². The van der Waals surface area contributed by atoms with E-state index in [-0.39, 0.29) is 47.7 Å². The molecule has 39 heavy (non-hydrogen) atoms. The standard InChI is InChI=1S/C31H38Cl2O6/c1-9-38-27(36)31(28(37)39-10-2,17-21-13-11-19(15-23(21)32)25(34)29(3,4)5)18-22-14-12-20(16-24(22)33)26(35)30(6,7)8/h11-16H,9-10,17-18H2,1-8H3.